The smallest absolute Gasteiger partial charge is 0.305 e. The summed E-state index contributed by atoms with van der Waals surface area (Å²) in [6.45, 7) is 21.7. The lowest BCUT2D eigenvalue weighted by atomic mass is 9.46. The van der Waals surface area contributed by atoms with Crippen molar-refractivity contribution in [1.29, 1.82) is 0 Å². The molecule has 4 aliphatic carbocycles. The summed E-state index contributed by atoms with van der Waals surface area (Å²) in [7, 11) is -1.78. The zero-order valence-electron chi connectivity index (χ0n) is 25.6. The second-order valence-corrected chi connectivity index (χ2v) is 24.5. The van der Waals surface area contributed by atoms with Crippen molar-refractivity contribution < 1.29 is 18.4 Å². The summed E-state index contributed by atoms with van der Waals surface area (Å²) in [5.74, 6) is 5.05. The van der Waals surface area contributed by atoms with Gasteiger partial charge in [0.2, 0.25) is 8.32 Å². The molecule has 0 amide bonds. The number of carbonyl (C=O) groups excluding carboxylic acids is 1. The fraction of sp³-hybridized carbons (Fsp3) is 0.903. The van der Waals surface area contributed by atoms with Gasteiger partial charge in [0.15, 0.2) is 8.32 Å². The van der Waals surface area contributed by atoms with Gasteiger partial charge in [0.25, 0.3) is 0 Å². The van der Waals surface area contributed by atoms with E-state index in [4.69, 9.17) is 13.6 Å². The van der Waals surface area contributed by atoms with Crippen molar-refractivity contribution in [2.75, 3.05) is 7.11 Å². The monoisotopic (exact) mass is 548 g/mol. The highest BCUT2D eigenvalue weighted by atomic mass is 28.4. The topological polar surface area (TPSA) is 44.8 Å². The highest BCUT2D eigenvalue weighted by Crippen LogP contribution is 2.68. The Morgan fingerprint density at radius 1 is 0.973 bits per heavy atom. The zero-order valence-corrected chi connectivity index (χ0v) is 27.6. The number of rotatable bonds is 8. The molecule has 0 aromatic rings. The molecule has 0 heterocycles. The lowest BCUT2D eigenvalue weighted by molar-refractivity contribution is -0.141. The molecule has 9 atom stereocenters. The van der Waals surface area contributed by atoms with Crippen LogP contribution in [0.25, 0.3) is 0 Å². The number of esters is 1. The Kier molecular flexibility index (Phi) is 8.28. The van der Waals surface area contributed by atoms with Crippen molar-refractivity contribution in [3.05, 3.63) is 11.8 Å². The number of fused-ring (bicyclic) bond motifs is 5. The molecule has 3 unspecified atom stereocenters. The first kappa shape index (κ1) is 29.4. The molecule has 212 valence electrons. The third-order valence-electron chi connectivity index (χ3n) is 10.9. The van der Waals surface area contributed by atoms with Crippen LogP contribution in [-0.4, -0.2) is 35.8 Å². The number of hydrogen-bond donors (Lipinski definition) is 0. The minimum Gasteiger partial charge on any atom is -0.547 e. The van der Waals surface area contributed by atoms with E-state index in [1.165, 1.54) is 51.4 Å². The Hall–Kier alpha value is -0.596. The Bertz CT molecular complexity index is 873. The van der Waals surface area contributed by atoms with Crippen LogP contribution in [0.1, 0.15) is 78.6 Å². The van der Waals surface area contributed by atoms with Crippen molar-refractivity contribution in [3.63, 3.8) is 0 Å². The van der Waals surface area contributed by atoms with Gasteiger partial charge in [0, 0.05) is 18.4 Å². The van der Waals surface area contributed by atoms with Crippen molar-refractivity contribution >= 4 is 22.6 Å². The Labute approximate surface area is 229 Å². The van der Waals surface area contributed by atoms with Crippen LogP contribution in [0.15, 0.2) is 11.8 Å². The average Bonchev–Trinajstić information content (AvgIpc) is 3.13. The molecule has 0 aromatic heterocycles. The SMILES string of the molecule is COC(=O)CC[C@@H](C)[C@H]1CCC2[C@@H]3C(O[Si](C)(C)C)=C[C@@H]4CC(O[Si](C)(C)C)CC[C@]4(C)C3CC[C@@]21C. The van der Waals surface area contributed by atoms with E-state index in [-0.39, 0.29) is 5.97 Å². The minimum atomic E-state index is -1.74. The predicted octanol–water partition coefficient (Wildman–Crippen LogP) is 8.41. The van der Waals surface area contributed by atoms with Gasteiger partial charge in [-0.15, -0.1) is 0 Å². The van der Waals surface area contributed by atoms with Gasteiger partial charge in [-0.2, -0.15) is 0 Å². The first-order valence-electron chi connectivity index (χ1n) is 15.2. The molecule has 4 aliphatic rings. The number of ether oxygens (including phenoxy) is 1. The van der Waals surface area contributed by atoms with Crippen LogP contribution in [0, 0.1) is 46.3 Å². The summed E-state index contributed by atoms with van der Waals surface area (Å²) >= 11 is 0. The third kappa shape index (κ3) is 5.96. The van der Waals surface area contributed by atoms with E-state index in [1.54, 1.807) is 0 Å². The van der Waals surface area contributed by atoms with Crippen LogP contribution < -0.4 is 0 Å². The molecular formula is C31H56O4Si2. The molecule has 0 aromatic carbocycles. The zero-order chi connectivity index (χ0) is 27.4. The van der Waals surface area contributed by atoms with Gasteiger partial charge in [0.05, 0.1) is 12.9 Å². The number of allylic oxidation sites excluding steroid dienone is 2. The third-order valence-corrected chi connectivity index (χ3v) is 12.8. The Morgan fingerprint density at radius 3 is 2.24 bits per heavy atom. The lowest BCUT2D eigenvalue weighted by Crippen LogP contribution is -2.55. The number of methoxy groups -OCH3 is 1. The molecule has 4 nitrogen and oxygen atoms in total. The Balaban J connectivity index is 1.63. The largest absolute Gasteiger partial charge is 0.547 e. The van der Waals surface area contributed by atoms with E-state index in [9.17, 15) is 4.79 Å². The maximum absolute atomic E-state index is 11.9. The van der Waals surface area contributed by atoms with Crippen LogP contribution >= 0.6 is 0 Å². The minimum absolute atomic E-state index is 0.0658. The number of hydrogen-bond acceptors (Lipinski definition) is 4. The van der Waals surface area contributed by atoms with Crippen molar-refractivity contribution in [1.82, 2.24) is 0 Å². The van der Waals surface area contributed by atoms with Crippen LogP contribution in [0.5, 0.6) is 0 Å². The highest BCUT2D eigenvalue weighted by molar-refractivity contribution is 6.70. The fourth-order valence-corrected chi connectivity index (χ4v) is 11.4. The Morgan fingerprint density at radius 2 is 1.62 bits per heavy atom. The summed E-state index contributed by atoms with van der Waals surface area (Å²) in [4.78, 5) is 11.9. The summed E-state index contributed by atoms with van der Waals surface area (Å²) in [6.07, 6.45) is 13.4. The van der Waals surface area contributed by atoms with E-state index >= 15 is 0 Å². The molecule has 0 bridgehead atoms. The summed E-state index contributed by atoms with van der Waals surface area (Å²) < 4.78 is 18.6. The summed E-state index contributed by atoms with van der Waals surface area (Å²) in [5, 5.41) is 0. The molecule has 37 heavy (non-hydrogen) atoms. The van der Waals surface area contributed by atoms with Gasteiger partial charge in [-0.1, -0.05) is 20.8 Å². The van der Waals surface area contributed by atoms with Crippen LogP contribution in [0.2, 0.25) is 39.3 Å². The van der Waals surface area contributed by atoms with Gasteiger partial charge >= 0.3 is 5.97 Å². The van der Waals surface area contributed by atoms with Gasteiger partial charge in [-0.05, 0) is 137 Å². The molecule has 0 N–H and O–H groups in total. The molecule has 0 radical (unpaired) electrons. The van der Waals surface area contributed by atoms with Gasteiger partial charge in [0.1, 0.15) is 0 Å². The van der Waals surface area contributed by atoms with Crippen LogP contribution in [-0.2, 0) is 18.4 Å². The van der Waals surface area contributed by atoms with E-state index in [1.807, 2.05) is 0 Å². The molecule has 0 spiro atoms. The molecule has 3 fully saturated rings. The fourth-order valence-electron chi connectivity index (χ4n) is 9.32. The predicted molar refractivity (Wildman–Crippen MR) is 157 cm³/mol. The molecular weight excluding hydrogens is 493 g/mol. The van der Waals surface area contributed by atoms with Crippen molar-refractivity contribution in [2.45, 2.75) is 124 Å². The van der Waals surface area contributed by atoms with E-state index in [2.05, 4.69) is 66.1 Å². The maximum atomic E-state index is 11.9. The molecule has 4 rings (SSSR count). The standard InChI is InChI=1S/C31H56O4Si2/c1-21(11-14-28(32)33-4)24-12-13-25-29-26(16-18-31(24,25)3)30(2)17-15-23(34-36(5,6)7)19-22(30)20-27(29)35-37(8,9)10/h20-26,29H,11-19H2,1-10H3/t21-,22+,23?,24-,25?,26?,29+,30+,31-/m1/s1. The number of carbonyl (C=O) groups is 1. The normalized spacial score (nSPS) is 40.6. The van der Waals surface area contributed by atoms with Crippen LogP contribution in [0.4, 0.5) is 0 Å². The van der Waals surface area contributed by atoms with E-state index in [0.29, 0.717) is 58.9 Å². The maximum Gasteiger partial charge on any atom is 0.305 e. The van der Waals surface area contributed by atoms with Crippen molar-refractivity contribution in [3.8, 4) is 0 Å². The van der Waals surface area contributed by atoms with Crippen LogP contribution in [0.3, 0.4) is 0 Å². The molecule has 0 aliphatic heterocycles. The van der Waals surface area contributed by atoms with Gasteiger partial charge in [-0.25, -0.2) is 0 Å². The molecule has 0 saturated heterocycles. The second kappa shape index (κ2) is 10.4. The highest BCUT2D eigenvalue weighted by Gasteiger charge is 2.62. The quantitative estimate of drug-likeness (QED) is 0.226. The first-order chi connectivity index (χ1) is 17.1. The lowest BCUT2D eigenvalue weighted by Gasteiger charge is -2.60. The average molecular weight is 549 g/mol. The van der Waals surface area contributed by atoms with Gasteiger partial charge < -0.3 is 13.6 Å². The second-order valence-electron chi connectivity index (χ2n) is 15.6. The molecule has 3 saturated carbocycles. The summed E-state index contributed by atoms with van der Waals surface area (Å²) in [6, 6.07) is 0. The first-order valence-corrected chi connectivity index (χ1v) is 22.0. The van der Waals surface area contributed by atoms with Gasteiger partial charge in [-0.3, -0.25) is 4.79 Å². The van der Waals surface area contributed by atoms with E-state index < -0.39 is 16.6 Å². The van der Waals surface area contributed by atoms with Crippen molar-refractivity contribution in [2.24, 2.45) is 46.3 Å². The van der Waals surface area contributed by atoms with E-state index in [0.717, 1.165) is 12.8 Å². The summed E-state index contributed by atoms with van der Waals surface area (Å²) in [5.41, 5.74) is 0.687. The molecule has 6 heteroatoms.